The van der Waals surface area contributed by atoms with Crippen molar-refractivity contribution in [3.63, 3.8) is 0 Å². The molecule has 0 unspecified atom stereocenters. The molecule has 0 saturated heterocycles. The molecule has 8 heteroatoms. The van der Waals surface area contributed by atoms with E-state index in [4.69, 9.17) is 18.9 Å². The molecule has 0 aliphatic carbocycles. The predicted octanol–water partition coefficient (Wildman–Crippen LogP) is 2.51. The van der Waals surface area contributed by atoms with E-state index in [1.54, 1.807) is 25.1 Å². The van der Waals surface area contributed by atoms with Gasteiger partial charge in [-0.05, 0) is 36.8 Å². The number of nitrogens with one attached hydrogen (secondary N) is 1. The Balaban J connectivity index is 1.83. The zero-order valence-electron chi connectivity index (χ0n) is 14.8. The van der Waals surface area contributed by atoms with Crippen molar-refractivity contribution in [1.82, 2.24) is 4.72 Å². The molecule has 0 bridgehead atoms. The zero-order valence-corrected chi connectivity index (χ0v) is 15.6. The van der Waals surface area contributed by atoms with Crippen LogP contribution in [0.5, 0.6) is 23.0 Å². The minimum absolute atomic E-state index is 0.0968. The standard InChI is InChI=1S/C18H21NO6S/c1-12(13-4-6-16-18(10-13)25-9-8-24-16)19-26(20,21)14-5-7-15(22-2)17(11-14)23-3/h4-7,10-12,19H,8-9H2,1-3H3/t12-/m1/s1. The van der Waals surface area contributed by atoms with Crippen molar-refractivity contribution in [1.29, 1.82) is 0 Å². The van der Waals surface area contributed by atoms with Gasteiger partial charge in [-0.15, -0.1) is 0 Å². The lowest BCUT2D eigenvalue weighted by Gasteiger charge is -2.21. The molecule has 1 atom stereocenters. The van der Waals surface area contributed by atoms with E-state index in [0.29, 0.717) is 36.2 Å². The predicted molar refractivity (Wildman–Crippen MR) is 95.7 cm³/mol. The van der Waals surface area contributed by atoms with E-state index in [1.165, 1.54) is 26.4 Å². The van der Waals surface area contributed by atoms with E-state index in [0.717, 1.165) is 5.56 Å². The van der Waals surface area contributed by atoms with Crippen molar-refractivity contribution in [2.24, 2.45) is 0 Å². The van der Waals surface area contributed by atoms with Crippen LogP contribution in [0.2, 0.25) is 0 Å². The first-order valence-corrected chi connectivity index (χ1v) is 9.57. The van der Waals surface area contributed by atoms with Crippen molar-refractivity contribution in [2.45, 2.75) is 17.9 Å². The topological polar surface area (TPSA) is 83.1 Å². The van der Waals surface area contributed by atoms with Crippen molar-refractivity contribution in [3.8, 4) is 23.0 Å². The van der Waals surface area contributed by atoms with Crippen LogP contribution >= 0.6 is 0 Å². The summed E-state index contributed by atoms with van der Waals surface area (Å²) in [7, 11) is -0.792. The molecule has 0 amide bonds. The highest BCUT2D eigenvalue weighted by molar-refractivity contribution is 7.89. The van der Waals surface area contributed by atoms with Gasteiger partial charge in [0.1, 0.15) is 13.2 Å². The Bertz CT molecular complexity index is 897. The van der Waals surface area contributed by atoms with Gasteiger partial charge in [0, 0.05) is 12.1 Å². The summed E-state index contributed by atoms with van der Waals surface area (Å²) in [5, 5.41) is 0. The summed E-state index contributed by atoms with van der Waals surface area (Å²) in [5.41, 5.74) is 0.776. The molecule has 2 aromatic carbocycles. The molecule has 0 fully saturated rings. The fourth-order valence-electron chi connectivity index (χ4n) is 2.68. The fourth-order valence-corrected chi connectivity index (χ4v) is 3.93. The van der Waals surface area contributed by atoms with E-state index < -0.39 is 16.1 Å². The van der Waals surface area contributed by atoms with Gasteiger partial charge in [-0.1, -0.05) is 6.07 Å². The molecule has 0 aromatic heterocycles. The number of hydrogen-bond donors (Lipinski definition) is 1. The number of fused-ring (bicyclic) bond motifs is 1. The Morgan fingerprint density at radius 1 is 0.962 bits per heavy atom. The van der Waals surface area contributed by atoms with Gasteiger partial charge in [-0.3, -0.25) is 0 Å². The number of methoxy groups -OCH3 is 2. The highest BCUT2D eigenvalue weighted by Crippen LogP contribution is 2.33. The van der Waals surface area contributed by atoms with Gasteiger partial charge in [-0.2, -0.15) is 0 Å². The average molecular weight is 379 g/mol. The Morgan fingerprint density at radius 2 is 1.65 bits per heavy atom. The molecule has 1 aliphatic heterocycles. The molecule has 0 spiro atoms. The van der Waals surface area contributed by atoms with Crippen LogP contribution < -0.4 is 23.7 Å². The van der Waals surface area contributed by atoms with Gasteiger partial charge >= 0.3 is 0 Å². The van der Waals surface area contributed by atoms with Gasteiger partial charge < -0.3 is 18.9 Å². The van der Waals surface area contributed by atoms with Crippen LogP contribution in [0.4, 0.5) is 0 Å². The second-order valence-electron chi connectivity index (χ2n) is 5.76. The van der Waals surface area contributed by atoms with E-state index in [-0.39, 0.29) is 4.90 Å². The van der Waals surface area contributed by atoms with Gasteiger partial charge in [0.15, 0.2) is 23.0 Å². The smallest absolute Gasteiger partial charge is 0.241 e. The number of rotatable bonds is 6. The van der Waals surface area contributed by atoms with E-state index in [1.807, 2.05) is 6.07 Å². The Kier molecular flexibility index (Phi) is 5.24. The molecular weight excluding hydrogens is 358 g/mol. The summed E-state index contributed by atoms with van der Waals surface area (Å²) < 4.78 is 49.4. The normalized spacial score (nSPS) is 14.6. The SMILES string of the molecule is COc1ccc(S(=O)(=O)N[C@H](C)c2ccc3c(c2)OCCO3)cc1OC. The molecule has 7 nitrogen and oxygen atoms in total. The van der Waals surface area contributed by atoms with Crippen molar-refractivity contribution in [2.75, 3.05) is 27.4 Å². The second kappa shape index (κ2) is 7.43. The van der Waals surface area contributed by atoms with Crippen LogP contribution in [0.3, 0.4) is 0 Å². The Morgan fingerprint density at radius 3 is 2.35 bits per heavy atom. The Labute approximate surface area is 152 Å². The van der Waals surface area contributed by atoms with Gasteiger partial charge in [0.25, 0.3) is 0 Å². The molecule has 1 heterocycles. The van der Waals surface area contributed by atoms with Crippen molar-refractivity contribution >= 4 is 10.0 Å². The lowest BCUT2D eigenvalue weighted by molar-refractivity contribution is 0.171. The number of hydrogen-bond acceptors (Lipinski definition) is 6. The zero-order chi connectivity index (χ0) is 18.7. The van der Waals surface area contributed by atoms with Crippen LogP contribution in [0.25, 0.3) is 0 Å². The first-order valence-electron chi connectivity index (χ1n) is 8.08. The fraction of sp³-hybridized carbons (Fsp3) is 0.333. The van der Waals surface area contributed by atoms with Gasteiger partial charge in [-0.25, -0.2) is 13.1 Å². The lowest BCUT2D eigenvalue weighted by Crippen LogP contribution is -2.27. The molecule has 0 saturated carbocycles. The van der Waals surface area contributed by atoms with Crippen LogP contribution in [-0.2, 0) is 10.0 Å². The summed E-state index contributed by atoms with van der Waals surface area (Å²) >= 11 is 0. The third kappa shape index (κ3) is 3.71. The second-order valence-corrected chi connectivity index (χ2v) is 7.48. The molecule has 26 heavy (non-hydrogen) atoms. The van der Waals surface area contributed by atoms with E-state index >= 15 is 0 Å². The lowest BCUT2D eigenvalue weighted by atomic mass is 10.1. The van der Waals surface area contributed by atoms with Crippen LogP contribution in [0, 0.1) is 0 Å². The summed E-state index contributed by atoms with van der Waals surface area (Å²) in [6.07, 6.45) is 0. The molecule has 1 N–H and O–H groups in total. The van der Waals surface area contributed by atoms with E-state index in [2.05, 4.69) is 4.72 Å². The third-order valence-corrected chi connectivity index (χ3v) is 5.60. The summed E-state index contributed by atoms with van der Waals surface area (Å²) in [5.74, 6) is 2.09. The first-order chi connectivity index (χ1) is 12.4. The van der Waals surface area contributed by atoms with Gasteiger partial charge in [0.2, 0.25) is 10.0 Å². The molecule has 1 aliphatic rings. The Hall–Kier alpha value is -2.45. The minimum Gasteiger partial charge on any atom is -0.493 e. The first kappa shape index (κ1) is 18.3. The summed E-state index contributed by atoms with van der Waals surface area (Å²) in [6.45, 7) is 2.75. The maximum atomic E-state index is 12.7. The summed E-state index contributed by atoms with van der Waals surface area (Å²) in [4.78, 5) is 0.0968. The third-order valence-electron chi connectivity index (χ3n) is 4.06. The quantitative estimate of drug-likeness (QED) is 0.830. The highest BCUT2D eigenvalue weighted by Gasteiger charge is 2.22. The highest BCUT2D eigenvalue weighted by atomic mass is 32.2. The molecular formula is C18H21NO6S. The monoisotopic (exact) mass is 379 g/mol. The van der Waals surface area contributed by atoms with E-state index in [9.17, 15) is 8.42 Å². The summed E-state index contributed by atoms with van der Waals surface area (Å²) in [6, 6.07) is 9.39. The number of ether oxygens (including phenoxy) is 4. The van der Waals surface area contributed by atoms with Crippen LogP contribution in [0.15, 0.2) is 41.3 Å². The maximum absolute atomic E-state index is 12.7. The van der Waals surface area contributed by atoms with Crippen LogP contribution in [0.1, 0.15) is 18.5 Å². The van der Waals surface area contributed by atoms with Crippen molar-refractivity contribution in [3.05, 3.63) is 42.0 Å². The molecule has 3 rings (SSSR count). The molecule has 0 radical (unpaired) electrons. The maximum Gasteiger partial charge on any atom is 0.241 e. The number of sulfonamides is 1. The number of benzene rings is 2. The molecule has 140 valence electrons. The van der Waals surface area contributed by atoms with Gasteiger partial charge in [0.05, 0.1) is 19.1 Å². The largest absolute Gasteiger partial charge is 0.493 e. The average Bonchev–Trinajstić information content (AvgIpc) is 2.66. The minimum atomic E-state index is -3.74. The van der Waals surface area contributed by atoms with Crippen LogP contribution in [-0.4, -0.2) is 35.9 Å². The molecule has 2 aromatic rings. The van der Waals surface area contributed by atoms with Crippen molar-refractivity contribution < 1.29 is 27.4 Å².